The van der Waals surface area contributed by atoms with Crippen molar-refractivity contribution in [2.24, 2.45) is 0 Å². The lowest BCUT2D eigenvalue weighted by molar-refractivity contribution is 0.311. The number of benzene rings is 1. The smallest absolute Gasteiger partial charge is 0.122 e. The van der Waals surface area contributed by atoms with Gasteiger partial charge < -0.3 is 10.1 Å². The Kier molecular flexibility index (Phi) is 5.89. The van der Waals surface area contributed by atoms with Gasteiger partial charge in [0.15, 0.2) is 0 Å². The summed E-state index contributed by atoms with van der Waals surface area (Å²) >= 11 is 5.22. The van der Waals surface area contributed by atoms with Crippen molar-refractivity contribution in [3.63, 3.8) is 0 Å². The van der Waals surface area contributed by atoms with Gasteiger partial charge in [-0.25, -0.2) is 0 Å². The Morgan fingerprint density at radius 2 is 2.16 bits per heavy atom. The summed E-state index contributed by atoms with van der Waals surface area (Å²) < 4.78 is 6.96. The molecule has 1 heterocycles. The first-order valence-electron chi connectivity index (χ1n) is 6.44. The minimum atomic E-state index is 0.698. The number of thiophene rings is 1. The van der Waals surface area contributed by atoms with E-state index in [1.807, 2.05) is 12.1 Å². The van der Waals surface area contributed by atoms with Gasteiger partial charge in [-0.2, -0.15) is 0 Å². The molecule has 19 heavy (non-hydrogen) atoms. The van der Waals surface area contributed by atoms with Gasteiger partial charge in [0.1, 0.15) is 12.4 Å². The van der Waals surface area contributed by atoms with E-state index in [0.717, 1.165) is 29.7 Å². The maximum absolute atomic E-state index is 5.80. The van der Waals surface area contributed by atoms with Crippen LogP contribution in [0.3, 0.4) is 0 Å². The molecule has 1 N–H and O–H groups in total. The first kappa shape index (κ1) is 14.6. The van der Waals surface area contributed by atoms with Crippen molar-refractivity contribution in [1.29, 1.82) is 0 Å². The Labute approximate surface area is 126 Å². The largest absolute Gasteiger partial charge is 0.492 e. The highest BCUT2D eigenvalue weighted by Gasteiger charge is 2.00. The molecule has 0 saturated carbocycles. The zero-order valence-electron chi connectivity index (χ0n) is 11.0. The van der Waals surface area contributed by atoms with E-state index in [9.17, 15) is 0 Å². The van der Waals surface area contributed by atoms with Crippen LogP contribution < -0.4 is 10.1 Å². The summed E-state index contributed by atoms with van der Waals surface area (Å²) in [5.74, 6) is 1.01. The Morgan fingerprint density at radius 1 is 1.32 bits per heavy atom. The summed E-state index contributed by atoms with van der Waals surface area (Å²) in [5.41, 5.74) is 1.27. The fourth-order valence-corrected chi connectivity index (χ4v) is 3.25. The van der Waals surface area contributed by atoms with Crippen molar-refractivity contribution < 1.29 is 4.74 Å². The van der Waals surface area contributed by atoms with Crippen LogP contribution in [0.25, 0.3) is 0 Å². The molecule has 4 heteroatoms. The van der Waals surface area contributed by atoms with Gasteiger partial charge in [-0.05, 0) is 40.0 Å². The van der Waals surface area contributed by atoms with Crippen LogP contribution in [0.5, 0.6) is 5.75 Å². The first-order chi connectivity index (χ1) is 9.29. The van der Waals surface area contributed by atoms with Gasteiger partial charge in [0, 0.05) is 27.8 Å². The zero-order valence-corrected chi connectivity index (χ0v) is 13.4. The number of aryl methyl sites for hydroxylation is 1. The Morgan fingerprint density at radius 3 is 2.89 bits per heavy atom. The normalized spacial score (nSPS) is 10.6. The fourth-order valence-electron chi connectivity index (χ4n) is 1.83. The lowest BCUT2D eigenvalue weighted by atomic mass is 10.1. The van der Waals surface area contributed by atoms with Gasteiger partial charge in [-0.3, -0.25) is 0 Å². The Hall–Kier alpha value is -0.840. The van der Waals surface area contributed by atoms with Gasteiger partial charge >= 0.3 is 0 Å². The molecular formula is C15H18BrNOS. The van der Waals surface area contributed by atoms with Crippen molar-refractivity contribution in [2.75, 3.05) is 13.2 Å². The third-order valence-electron chi connectivity index (χ3n) is 2.81. The van der Waals surface area contributed by atoms with Crippen LogP contribution in [-0.4, -0.2) is 13.2 Å². The molecule has 2 rings (SSSR count). The van der Waals surface area contributed by atoms with Crippen LogP contribution in [0.2, 0.25) is 0 Å². The number of para-hydroxylation sites is 1. The maximum atomic E-state index is 5.80. The quantitative estimate of drug-likeness (QED) is 0.761. The summed E-state index contributed by atoms with van der Waals surface area (Å²) in [6, 6.07) is 10.4. The number of ether oxygens (including phenoxy) is 1. The molecule has 0 saturated heterocycles. The SMILES string of the molecule is CCc1ccccc1OCCNCc1cc(Br)cs1. The van der Waals surface area contributed by atoms with Gasteiger partial charge in [-0.1, -0.05) is 25.1 Å². The molecule has 2 nitrogen and oxygen atoms in total. The van der Waals surface area contributed by atoms with Gasteiger partial charge in [0.25, 0.3) is 0 Å². The van der Waals surface area contributed by atoms with Crippen LogP contribution in [0.15, 0.2) is 40.2 Å². The van der Waals surface area contributed by atoms with E-state index in [1.54, 1.807) is 11.3 Å². The van der Waals surface area contributed by atoms with Gasteiger partial charge in [0.05, 0.1) is 0 Å². The molecular weight excluding hydrogens is 322 g/mol. The number of rotatable bonds is 7. The molecule has 102 valence electrons. The van der Waals surface area contributed by atoms with Crippen LogP contribution in [0, 0.1) is 0 Å². The van der Waals surface area contributed by atoms with E-state index >= 15 is 0 Å². The Bertz CT molecular complexity index is 512. The zero-order chi connectivity index (χ0) is 13.5. The molecule has 0 radical (unpaired) electrons. The van der Waals surface area contributed by atoms with Crippen LogP contribution >= 0.6 is 27.3 Å². The highest BCUT2D eigenvalue weighted by Crippen LogP contribution is 2.19. The second-order valence-corrected chi connectivity index (χ2v) is 6.13. The van der Waals surface area contributed by atoms with Crippen molar-refractivity contribution in [3.05, 3.63) is 50.6 Å². The Balaban J connectivity index is 1.69. The molecule has 0 aliphatic rings. The summed E-state index contributed by atoms with van der Waals surface area (Å²) in [6.07, 6.45) is 1.01. The topological polar surface area (TPSA) is 21.3 Å². The molecule has 0 aliphatic carbocycles. The number of hydrogen-bond acceptors (Lipinski definition) is 3. The highest BCUT2D eigenvalue weighted by atomic mass is 79.9. The van der Waals surface area contributed by atoms with Crippen LogP contribution in [-0.2, 0) is 13.0 Å². The minimum Gasteiger partial charge on any atom is -0.492 e. The average Bonchev–Trinajstić information content (AvgIpc) is 2.84. The van der Waals surface area contributed by atoms with E-state index in [0.29, 0.717) is 6.61 Å². The standard InChI is InChI=1S/C15H18BrNOS/c1-2-12-5-3-4-6-15(12)18-8-7-17-10-14-9-13(16)11-19-14/h3-6,9,11,17H,2,7-8,10H2,1H3. The predicted molar refractivity (Wildman–Crippen MR) is 85.0 cm³/mol. The van der Waals surface area contributed by atoms with Gasteiger partial charge in [0.2, 0.25) is 0 Å². The van der Waals surface area contributed by atoms with Gasteiger partial charge in [-0.15, -0.1) is 11.3 Å². The monoisotopic (exact) mass is 339 g/mol. The second-order valence-electron chi connectivity index (χ2n) is 4.22. The van der Waals surface area contributed by atoms with Crippen LogP contribution in [0.1, 0.15) is 17.4 Å². The van der Waals surface area contributed by atoms with E-state index in [4.69, 9.17) is 4.74 Å². The van der Waals surface area contributed by atoms with Crippen molar-refractivity contribution in [3.8, 4) is 5.75 Å². The lowest BCUT2D eigenvalue weighted by Crippen LogP contribution is -2.20. The third kappa shape index (κ3) is 4.64. The lowest BCUT2D eigenvalue weighted by Gasteiger charge is -2.10. The molecule has 0 unspecified atom stereocenters. The molecule has 0 amide bonds. The summed E-state index contributed by atoms with van der Waals surface area (Å²) in [4.78, 5) is 1.33. The number of hydrogen-bond donors (Lipinski definition) is 1. The number of halogens is 1. The molecule has 0 fully saturated rings. The molecule has 1 aromatic carbocycles. The minimum absolute atomic E-state index is 0.698. The van der Waals surface area contributed by atoms with Crippen molar-refractivity contribution in [2.45, 2.75) is 19.9 Å². The average molecular weight is 340 g/mol. The molecule has 0 bridgehead atoms. The second kappa shape index (κ2) is 7.68. The molecule has 0 atom stereocenters. The van der Waals surface area contributed by atoms with Crippen molar-refractivity contribution >= 4 is 27.3 Å². The van der Waals surface area contributed by atoms with E-state index < -0.39 is 0 Å². The maximum Gasteiger partial charge on any atom is 0.122 e. The number of nitrogens with one attached hydrogen (secondary N) is 1. The van der Waals surface area contributed by atoms with Crippen LogP contribution in [0.4, 0.5) is 0 Å². The summed E-state index contributed by atoms with van der Waals surface area (Å²) in [5, 5.41) is 5.49. The van der Waals surface area contributed by atoms with E-state index in [1.165, 1.54) is 10.4 Å². The molecule has 2 aromatic rings. The summed E-state index contributed by atoms with van der Waals surface area (Å²) in [6.45, 7) is 4.60. The van der Waals surface area contributed by atoms with Crippen molar-refractivity contribution in [1.82, 2.24) is 5.32 Å². The third-order valence-corrected chi connectivity index (χ3v) is 4.51. The fraction of sp³-hybridized carbons (Fsp3) is 0.333. The van der Waals surface area contributed by atoms with E-state index in [-0.39, 0.29) is 0 Å². The first-order valence-corrected chi connectivity index (χ1v) is 8.11. The highest BCUT2D eigenvalue weighted by molar-refractivity contribution is 9.10. The van der Waals surface area contributed by atoms with E-state index in [2.05, 4.69) is 51.7 Å². The predicted octanol–water partition coefficient (Wildman–Crippen LogP) is 4.24. The summed E-state index contributed by atoms with van der Waals surface area (Å²) in [7, 11) is 0. The molecule has 1 aromatic heterocycles. The molecule has 0 spiro atoms. The molecule has 0 aliphatic heterocycles.